The third kappa shape index (κ3) is 5.23. The summed E-state index contributed by atoms with van der Waals surface area (Å²) < 4.78 is 15.7. The van der Waals surface area contributed by atoms with Crippen LogP contribution in [0, 0.1) is 13.8 Å². The molecule has 0 aliphatic carbocycles. The first-order chi connectivity index (χ1) is 15.6. The highest BCUT2D eigenvalue weighted by molar-refractivity contribution is 9.10. The summed E-state index contributed by atoms with van der Waals surface area (Å²) in [7, 11) is 2.65. The molecule has 33 heavy (non-hydrogen) atoms. The van der Waals surface area contributed by atoms with Gasteiger partial charge in [0.2, 0.25) is 0 Å². The molecule has 0 radical (unpaired) electrons. The molecule has 1 aliphatic heterocycles. The number of carbonyl (C=O) groups excluding carboxylic acids is 4. The summed E-state index contributed by atoms with van der Waals surface area (Å²) in [6.07, 6.45) is 1.34. The molecular weight excluding hydrogens is 496 g/mol. The number of imide groups is 2. The first kappa shape index (κ1) is 24.0. The van der Waals surface area contributed by atoms with Crippen LogP contribution in [0.2, 0.25) is 0 Å². The quantitative estimate of drug-likeness (QED) is 0.356. The molecule has 0 aromatic heterocycles. The summed E-state index contributed by atoms with van der Waals surface area (Å²) in [5, 5.41) is 2.20. The molecule has 0 bridgehead atoms. The van der Waals surface area contributed by atoms with E-state index in [1.807, 2.05) is 19.9 Å². The first-order valence-corrected chi connectivity index (χ1v) is 10.5. The van der Waals surface area contributed by atoms with E-state index in [1.165, 1.54) is 26.4 Å². The Morgan fingerprint density at radius 2 is 1.73 bits per heavy atom. The number of benzene rings is 2. The standard InChI is InChI=1S/C23H21BrN2O7/c1-12-5-13(2)7-15(6-12)26-22(29)16(21(28)25-23(26)30)8-14-9-17(24)20(18(10-14)31-3)33-11-19(27)32-4/h5-10H,11H2,1-4H3,(H,25,28,30)/b16-8+. The second kappa shape index (κ2) is 9.86. The molecule has 4 amide bonds. The van der Waals surface area contributed by atoms with Crippen LogP contribution in [0.4, 0.5) is 10.5 Å². The number of ether oxygens (including phenoxy) is 3. The number of rotatable bonds is 6. The minimum atomic E-state index is -0.822. The monoisotopic (exact) mass is 516 g/mol. The summed E-state index contributed by atoms with van der Waals surface area (Å²) in [6, 6.07) is 7.57. The Bertz CT molecular complexity index is 1170. The Balaban J connectivity index is 1.99. The van der Waals surface area contributed by atoms with Crippen molar-refractivity contribution >= 4 is 51.5 Å². The number of urea groups is 1. The van der Waals surface area contributed by atoms with Crippen molar-refractivity contribution in [3.05, 3.63) is 57.1 Å². The van der Waals surface area contributed by atoms with E-state index in [0.717, 1.165) is 16.0 Å². The zero-order chi connectivity index (χ0) is 24.3. The van der Waals surface area contributed by atoms with E-state index < -0.39 is 23.8 Å². The molecule has 9 nitrogen and oxygen atoms in total. The second-order valence-corrected chi connectivity index (χ2v) is 8.06. The number of methoxy groups -OCH3 is 2. The minimum Gasteiger partial charge on any atom is -0.493 e. The van der Waals surface area contributed by atoms with E-state index >= 15 is 0 Å². The second-order valence-electron chi connectivity index (χ2n) is 7.20. The van der Waals surface area contributed by atoms with Gasteiger partial charge in [0.1, 0.15) is 5.57 Å². The van der Waals surface area contributed by atoms with Crippen LogP contribution in [-0.2, 0) is 19.1 Å². The molecule has 0 spiro atoms. The van der Waals surface area contributed by atoms with Gasteiger partial charge in [-0.1, -0.05) is 6.07 Å². The van der Waals surface area contributed by atoms with Gasteiger partial charge in [0.05, 0.1) is 24.4 Å². The average molecular weight is 517 g/mol. The van der Waals surface area contributed by atoms with Crippen LogP contribution in [0.1, 0.15) is 16.7 Å². The third-order valence-electron chi connectivity index (χ3n) is 4.69. The smallest absolute Gasteiger partial charge is 0.343 e. The molecule has 1 heterocycles. The van der Waals surface area contributed by atoms with Crippen molar-refractivity contribution in [1.82, 2.24) is 5.32 Å². The van der Waals surface area contributed by atoms with Gasteiger partial charge in [0.15, 0.2) is 18.1 Å². The molecule has 0 saturated carbocycles. The van der Waals surface area contributed by atoms with E-state index in [-0.39, 0.29) is 23.7 Å². The number of amides is 4. The Morgan fingerprint density at radius 3 is 2.33 bits per heavy atom. The highest BCUT2D eigenvalue weighted by atomic mass is 79.9. The van der Waals surface area contributed by atoms with Crippen molar-refractivity contribution in [2.45, 2.75) is 13.8 Å². The Labute approximate surface area is 198 Å². The van der Waals surface area contributed by atoms with Crippen LogP contribution < -0.4 is 19.7 Å². The van der Waals surface area contributed by atoms with Gasteiger partial charge in [-0.3, -0.25) is 14.9 Å². The maximum absolute atomic E-state index is 13.1. The number of barbiturate groups is 1. The predicted molar refractivity (Wildman–Crippen MR) is 123 cm³/mol. The largest absolute Gasteiger partial charge is 0.493 e. The number of hydrogen-bond donors (Lipinski definition) is 1. The van der Waals surface area contributed by atoms with Crippen molar-refractivity contribution in [2.24, 2.45) is 0 Å². The maximum atomic E-state index is 13.1. The molecule has 0 atom stereocenters. The zero-order valence-electron chi connectivity index (χ0n) is 18.4. The van der Waals surface area contributed by atoms with E-state index in [0.29, 0.717) is 15.7 Å². The molecule has 1 fully saturated rings. The van der Waals surface area contributed by atoms with Gasteiger partial charge in [0, 0.05) is 0 Å². The fraction of sp³-hybridized carbons (Fsp3) is 0.217. The van der Waals surface area contributed by atoms with Gasteiger partial charge in [-0.25, -0.2) is 14.5 Å². The lowest BCUT2D eigenvalue weighted by molar-refractivity contribution is -0.143. The van der Waals surface area contributed by atoms with Gasteiger partial charge < -0.3 is 14.2 Å². The topological polar surface area (TPSA) is 111 Å². The Hall–Kier alpha value is -3.66. The number of esters is 1. The van der Waals surface area contributed by atoms with Crippen molar-refractivity contribution in [3.8, 4) is 11.5 Å². The van der Waals surface area contributed by atoms with Crippen molar-refractivity contribution in [1.29, 1.82) is 0 Å². The molecule has 3 rings (SSSR count). The predicted octanol–water partition coefficient (Wildman–Crippen LogP) is 3.29. The van der Waals surface area contributed by atoms with Gasteiger partial charge in [0.25, 0.3) is 11.8 Å². The fourth-order valence-corrected chi connectivity index (χ4v) is 3.87. The van der Waals surface area contributed by atoms with Gasteiger partial charge in [-0.15, -0.1) is 0 Å². The summed E-state index contributed by atoms with van der Waals surface area (Å²) in [4.78, 5) is 50.4. The summed E-state index contributed by atoms with van der Waals surface area (Å²) in [5.41, 5.74) is 2.29. The number of anilines is 1. The van der Waals surface area contributed by atoms with Crippen LogP contribution >= 0.6 is 15.9 Å². The highest BCUT2D eigenvalue weighted by Gasteiger charge is 2.37. The molecule has 172 valence electrons. The van der Waals surface area contributed by atoms with E-state index in [4.69, 9.17) is 9.47 Å². The Kier molecular flexibility index (Phi) is 7.17. The van der Waals surface area contributed by atoms with Crippen LogP contribution in [0.25, 0.3) is 6.08 Å². The van der Waals surface area contributed by atoms with Crippen molar-refractivity contribution in [3.63, 3.8) is 0 Å². The number of nitrogens with zero attached hydrogens (tertiary/aromatic N) is 1. The lowest BCUT2D eigenvalue weighted by atomic mass is 10.0. The lowest BCUT2D eigenvalue weighted by Gasteiger charge is -2.27. The van der Waals surface area contributed by atoms with Crippen molar-refractivity contribution < 1.29 is 33.4 Å². The number of aryl methyl sites for hydroxylation is 2. The molecular formula is C23H21BrN2O7. The lowest BCUT2D eigenvalue weighted by Crippen LogP contribution is -2.54. The summed E-state index contributed by atoms with van der Waals surface area (Å²) >= 11 is 3.34. The number of halogens is 1. The van der Waals surface area contributed by atoms with Crippen LogP contribution in [0.5, 0.6) is 11.5 Å². The fourth-order valence-electron chi connectivity index (χ4n) is 3.29. The van der Waals surface area contributed by atoms with E-state index in [9.17, 15) is 19.2 Å². The molecule has 1 N–H and O–H groups in total. The average Bonchev–Trinajstić information content (AvgIpc) is 2.74. The minimum absolute atomic E-state index is 0.231. The van der Waals surface area contributed by atoms with Crippen molar-refractivity contribution in [2.75, 3.05) is 25.7 Å². The van der Waals surface area contributed by atoms with E-state index in [1.54, 1.807) is 18.2 Å². The van der Waals surface area contributed by atoms with Gasteiger partial charge >= 0.3 is 12.0 Å². The third-order valence-corrected chi connectivity index (χ3v) is 5.28. The first-order valence-electron chi connectivity index (χ1n) is 9.71. The van der Waals surface area contributed by atoms with Crippen LogP contribution in [-0.4, -0.2) is 44.6 Å². The molecule has 1 saturated heterocycles. The summed E-state index contributed by atoms with van der Waals surface area (Å²) in [5.74, 6) is -1.64. The number of carbonyl (C=O) groups is 4. The highest BCUT2D eigenvalue weighted by Crippen LogP contribution is 2.37. The molecule has 0 unspecified atom stereocenters. The van der Waals surface area contributed by atoms with Crippen LogP contribution in [0.15, 0.2) is 40.4 Å². The number of nitrogens with one attached hydrogen (secondary N) is 1. The van der Waals surface area contributed by atoms with Gasteiger partial charge in [-0.05, 0) is 76.8 Å². The Morgan fingerprint density at radius 1 is 1.06 bits per heavy atom. The van der Waals surface area contributed by atoms with E-state index in [2.05, 4.69) is 26.0 Å². The van der Waals surface area contributed by atoms with Gasteiger partial charge in [-0.2, -0.15) is 0 Å². The molecule has 10 heteroatoms. The molecule has 2 aromatic rings. The van der Waals surface area contributed by atoms with Crippen LogP contribution in [0.3, 0.4) is 0 Å². The SMILES string of the molecule is COC(=O)COc1c(Br)cc(/C=C2\C(=O)NC(=O)N(c3cc(C)cc(C)c3)C2=O)cc1OC. The maximum Gasteiger partial charge on any atom is 0.343 e. The number of hydrogen-bond acceptors (Lipinski definition) is 7. The zero-order valence-corrected chi connectivity index (χ0v) is 19.9. The molecule has 1 aliphatic rings. The summed E-state index contributed by atoms with van der Waals surface area (Å²) in [6.45, 7) is 3.36. The normalized spacial score (nSPS) is 14.9. The molecule has 2 aromatic carbocycles.